The molecule has 0 radical (unpaired) electrons. The number of anilines is 1. The average Bonchev–Trinajstić information content (AvgIpc) is 2.74. The standard InChI is InChI=1S/C25H34N2O4/c1-19(2)27(25(30)20-13-15-22(16-14-20)26(3)4)18-21-10-7-8-11-23(21)31-17-9-5-6-12-24(28)29/h7-8,10-11,13-16,19H,5-6,9,12,17-18H2,1-4H3,(H,28,29). The van der Waals surface area contributed by atoms with E-state index in [1.807, 2.05) is 86.3 Å². The molecule has 0 aromatic heterocycles. The second-order valence-corrected chi connectivity index (χ2v) is 8.13. The summed E-state index contributed by atoms with van der Waals surface area (Å²) in [5.41, 5.74) is 2.67. The summed E-state index contributed by atoms with van der Waals surface area (Å²) in [5, 5.41) is 8.71. The van der Waals surface area contributed by atoms with E-state index < -0.39 is 5.97 Å². The predicted molar refractivity (Wildman–Crippen MR) is 124 cm³/mol. The number of ether oxygens (including phenoxy) is 1. The highest BCUT2D eigenvalue weighted by molar-refractivity contribution is 5.94. The number of aliphatic carboxylic acids is 1. The normalized spacial score (nSPS) is 10.7. The third kappa shape index (κ3) is 7.63. The number of carboxylic acid groups (broad SMARTS) is 1. The smallest absolute Gasteiger partial charge is 0.303 e. The third-order valence-electron chi connectivity index (χ3n) is 5.12. The van der Waals surface area contributed by atoms with Crippen LogP contribution in [0.25, 0.3) is 0 Å². The van der Waals surface area contributed by atoms with Gasteiger partial charge < -0.3 is 19.6 Å². The van der Waals surface area contributed by atoms with E-state index in [2.05, 4.69) is 0 Å². The van der Waals surface area contributed by atoms with Crippen LogP contribution in [0.5, 0.6) is 5.75 Å². The highest BCUT2D eigenvalue weighted by Crippen LogP contribution is 2.23. The Labute approximate surface area is 185 Å². The Balaban J connectivity index is 2.04. The van der Waals surface area contributed by atoms with Crippen molar-refractivity contribution in [2.45, 2.75) is 52.1 Å². The number of hydrogen-bond donors (Lipinski definition) is 1. The molecule has 0 saturated carbocycles. The summed E-state index contributed by atoms with van der Waals surface area (Å²) in [5.74, 6) is -0.00742. The molecule has 0 aliphatic rings. The first-order valence-electron chi connectivity index (χ1n) is 10.8. The van der Waals surface area contributed by atoms with Crippen LogP contribution in [0, 0.1) is 0 Å². The van der Waals surface area contributed by atoms with E-state index in [1.165, 1.54) is 0 Å². The first kappa shape index (κ1) is 24.3. The molecule has 0 atom stereocenters. The van der Waals surface area contributed by atoms with Gasteiger partial charge in [0.05, 0.1) is 6.61 Å². The van der Waals surface area contributed by atoms with Gasteiger partial charge in [-0.1, -0.05) is 18.2 Å². The average molecular weight is 427 g/mol. The zero-order chi connectivity index (χ0) is 22.8. The summed E-state index contributed by atoms with van der Waals surface area (Å²) in [6, 6.07) is 15.4. The molecule has 2 aromatic carbocycles. The van der Waals surface area contributed by atoms with Gasteiger partial charge in [0, 0.05) is 49.9 Å². The number of rotatable bonds is 12. The molecule has 1 N–H and O–H groups in total. The molecule has 0 fully saturated rings. The Bertz CT molecular complexity index is 847. The van der Waals surface area contributed by atoms with Crippen molar-refractivity contribution in [1.82, 2.24) is 4.90 Å². The van der Waals surface area contributed by atoms with E-state index in [4.69, 9.17) is 9.84 Å². The minimum Gasteiger partial charge on any atom is -0.493 e. The molecule has 0 saturated heterocycles. The fourth-order valence-corrected chi connectivity index (χ4v) is 3.25. The van der Waals surface area contributed by atoms with Gasteiger partial charge in [-0.3, -0.25) is 9.59 Å². The monoisotopic (exact) mass is 426 g/mol. The Hall–Kier alpha value is -3.02. The number of para-hydroxylation sites is 1. The molecule has 2 aromatic rings. The maximum atomic E-state index is 13.2. The highest BCUT2D eigenvalue weighted by atomic mass is 16.5. The summed E-state index contributed by atoms with van der Waals surface area (Å²) < 4.78 is 5.96. The number of carboxylic acids is 1. The lowest BCUT2D eigenvalue weighted by molar-refractivity contribution is -0.137. The lowest BCUT2D eigenvalue weighted by Crippen LogP contribution is -2.36. The SMILES string of the molecule is CC(C)N(Cc1ccccc1OCCCCCC(=O)O)C(=O)c1ccc(N(C)C)cc1. The molecule has 6 heteroatoms. The minimum absolute atomic E-state index is 0.0104. The summed E-state index contributed by atoms with van der Waals surface area (Å²) >= 11 is 0. The van der Waals surface area contributed by atoms with Crippen LogP contribution in [0.2, 0.25) is 0 Å². The molecule has 1 amide bonds. The maximum absolute atomic E-state index is 13.2. The summed E-state index contributed by atoms with van der Waals surface area (Å²) in [4.78, 5) is 27.6. The molecule has 0 aliphatic heterocycles. The Morgan fingerprint density at radius 2 is 1.65 bits per heavy atom. The van der Waals surface area contributed by atoms with Gasteiger partial charge in [0.15, 0.2) is 0 Å². The maximum Gasteiger partial charge on any atom is 0.303 e. The summed E-state index contributed by atoms with van der Waals surface area (Å²) in [6.07, 6.45) is 2.46. The fourth-order valence-electron chi connectivity index (χ4n) is 3.25. The summed E-state index contributed by atoms with van der Waals surface area (Å²) in [6.45, 7) is 5.01. The number of unbranched alkanes of at least 4 members (excludes halogenated alkanes) is 2. The van der Waals surface area contributed by atoms with Crippen molar-refractivity contribution < 1.29 is 19.4 Å². The zero-order valence-electron chi connectivity index (χ0n) is 19.0. The molecular weight excluding hydrogens is 392 g/mol. The van der Waals surface area contributed by atoms with Crippen LogP contribution in [-0.2, 0) is 11.3 Å². The minimum atomic E-state index is -0.763. The lowest BCUT2D eigenvalue weighted by Gasteiger charge is -2.28. The summed E-state index contributed by atoms with van der Waals surface area (Å²) in [7, 11) is 3.95. The Kier molecular flexibility index (Phi) is 9.38. The molecule has 0 aliphatic carbocycles. The number of nitrogens with zero attached hydrogens (tertiary/aromatic N) is 2. The lowest BCUT2D eigenvalue weighted by atomic mass is 10.1. The van der Waals surface area contributed by atoms with Gasteiger partial charge in [-0.25, -0.2) is 0 Å². The van der Waals surface area contributed by atoms with Gasteiger partial charge in [-0.05, 0) is 63.4 Å². The van der Waals surface area contributed by atoms with Gasteiger partial charge in [0.25, 0.3) is 5.91 Å². The Morgan fingerprint density at radius 3 is 2.26 bits per heavy atom. The second kappa shape index (κ2) is 12.0. The quantitative estimate of drug-likeness (QED) is 0.493. The fraction of sp³-hybridized carbons (Fsp3) is 0.440. The van der Waals surface area contributed by atoms with E-state index in [0.29, 0.717) is 25.1 Å². The van der Waals surface area contributed by atoms with Crippen LogP contribution in [0.15, 0.2) is 48.5 Å². The molecule has 31 heavy (non-hydrogen) atoms. The first-order valence-corrected chi connectivity index (χ1v) is 10.8. The van der Waals surface area contributed by atoms with Gasteiger partial charge in [-0.2, -0.15) is 0 Å². The van der Waals surface area contributed by atoms with Crippen LogP contribution in [0.1, 0.15) is 55.5 Å². The van der Waals surface area contributed by atoms with Crippen molar-refractivity contribution in [3.63, 3.8) is 0 Å². The van der Waals surface area contributed by atoms with E-state index in [0.717, 1.165) is 29.8 Å². The molecule has 6 nitrogen and oxygen atoms in total. The van der Waals surface area contributed by atoms with E-state index in [9.17, 15) is 9.59 Å². The zero-order valence-corrected chi connectivity index (χ0v) is 19.0. The van der Waals surface area contributed by atoms with Crippen molar-refractivity contribution in [3.05, 3.63) is 59.7 Å². The number of carbonyl (C=O) groups is 2. The van der Waals surface area contributed by atoms with E-state index in [1.54, 1.807) is 0 Å². The molecule has 0 spiro atoms. The second-order valence-electron chi connectivity index (χ2n) is 8.13. The number of amides is 1. The number of benzene rings is 2. The molecule has 168 valence electrons. The van der Waals surface area contributed by atoms with Crippen molar-refractivity contribution in [2.75, 3.05) is 25.6 Å². The van der Waals surface area contributed by atoms with Crippen LogP contribution in [-0.4, -0.2) is 48.6 Å². The van der Waals surface area contributed by atoms with Crippen molar-refractivity contribution in [2.24, 2.45) is 0 Å². The third-order valence-corrected chi connectivity index (χ3v) is 5.12. The number of carbonyl (C=O) groups excluding carboxylic acids is 1. The number of hydrogen-bond acceptors (Lipinski definition) is 4. The molecule has 2 rings (SSSR count). The van der Waals surface area contributed by atoms with E-state index >= 15 is 0 Å². The van der Waals surface area contributed by atoms with Gasteiger partial charge in [0.1, 0.15) is 5.75 Å². The van der Waals surface area contributed by atoms with Crippen molar-refractivity contribution in [3.8, 4) is 5.75 Å². The van der Waals surface area contributed by atoms with Crippen LogP contribution in [0.3, 0.4) is 0 Å². The van der Waals surface area contributed by atoms with Gasteiger partial charge in [0.2, 0.25) is 0 Å². The van der Waals surface area contributed by atoms with Gasteiger partial charge in [-0.15, -0.1) is 0 Å². The molecule has 0 bridgehead atoms. The van der Waals surface area contributed by atoms with Crippen LogP contribution in [0.4, 0.5) is 5.69 Å². The largest absolute Gasteiger partial charge is 0.493 e. The van der Waals surface area contributed by atoms with Crippen LogP contribution < -0.4 is 9.64 Å². The Morgan fingerprint density at radius 1 is 0.968 bits per heavy atom. The van der Waals surface area contributed by atoms with Gasteiger partial charge >= 0.3 is 5.97 Å². The van der Waals surface area contributed by atoms with Crippen LogP contribution >= 0.6 is 0 Å². The molecular formula is C25H34N2O4. The molecule has 0 heterocycles. The van der Waals surface area contributed by atoms with Crippen molar-refractivity contribution >= 4 is 17.6 Å². The van der Waals surface area contributed by atoms with Crippen molar-refractivity contribution in [1.29, 1.82) is 0 Å². The first-order chi connectivity index (χ1) is 14.8. The highest BCUT2D eigenvalue weighted by Gasteiger charge is 2.20. The molecule has 0 unspecified atom stereocenters. The van der Waals surface area contributed by atoms with E-state index in [-0.39, 0.29) is 18.4 Å². The predicted octanol–water partition coefficient (Wildman–Crippen LogP) is 4.83. The topological polar surface area (TPSA) is 70.1 Å².